The number of furan rings is 1. The zero-order valence-electron chi connectivity index (χ0n) is 5.26. The van der Waals surface area contributed by atoms with Crippen molar-refractivity contribution >= 4 is 6.08 Å². The van der Waals surface area contributed by atoms with E-state index in [0.29, 0.717) is 5.95 Å². The minimum absolute atomic E-state index is 0.518. The van der Waals surface area contributed by atoms with E-state index < -0.39 is 0 Å². The molecule has 0 unspecified atom stereocenters. The van der Waals surface area contributed by atoms with Crippen LogP contribution in [0.2, 0.25) is 0 Å². The van der Waals surface area contributed by atoms with Crippen molar-refractivity contribution in [1.29, 1.82) is 0 Å². The molecule has 0 atom stereocenters. The average molecular weight is 124 g/mol. The molecule has 2 nitrogen and oxygen atoms in total. The first-order valence-electron chi connectivity index (χ1n) is 2.63. The van der Waals surface area contributed by atoms with Gasteiger partial charge in [-0.15, -0.1) is 0 Å². The van der Waals surface area contributed by atoms with Gasteiger partial charge in [-0.2, -0.15) is 0 Å². The molecule has 0 amide bonds. The Hall–Kier alpha value is -1.18. The van der Waals surface area contributed by atoms with Crippen LogP contribution in [0.1, 0.15) is 5.76 Å². The molecule has 0 aromatic carbocycles. The molecule has 0 fully saturated rings. The van der Waals surface area contributed by atoms with Crippen LogP contribution in [-0.2, 0) is 0 Å². The molecule has 1 heterocycles. The average Bonchev–Trinajstić information content (AvgIpc) is 2.34. The third kappa shape index (κ3) is 1.13. The van der Waals surface area contributed by atoms with Crippen molar-refractivity contribution in [2.24, 2.45) is 0 Å². The fourth-order valence-electron chi connectivity index (χ4n) is 0.554. The number of rotatable bonds is 2. The van der Waals surface area contributed by atoms with Gasteiger partial charge in [0.25, 0.3) is 5.95 Å². The van der Waals surface area contributed by atoms with Gasteiger partial charge < -0.3 is 9.15 Å². The lowest BCUT2D eigenvalue weighted by Gasteiger charge is -1.88. The molecule has 0 aliphatic carbocycles. The van der Waals surface area contributed by atoms with E-state index in [9.17, 15) is 0 Å². The standard InChI is InChI=1S/C7H8O2/c1-3-6-4-5-7(8-2)9-6/h3-5H,1H2,2H3. The van der Waals surface area contributed by atoms with Gasteiger partial charge in [0.15, 0.2) is 0 Å². The highest BCUT2D eigenvalue weighted by Crippen LogP contribution is 2.15. The molecule has 0 spiro atoms. The molecule has 0 saturated heterocycles. The molecule has 0 aliphatic heterocycles. The molecule has 0 aliphatic rings. The van der Waals surface area contributed by atoms with Gasteiger partial charge in [-0.3, -0.25) is 0 Å². The summed E-state index contributed by atoms with van der Waals surface area (Å²) in [5, 5.41) is 0. The van der Waals surface area contributed by atoms with E-state index in [1.165, 1.54) is 0 Å². The van der Waals surface area contributed by atoms with Crippen molar-refractivity contribution in [1.82, 2.24) is 0 Å². The summed E-state index contributed by atoms with van der Waals surface area (Å²) in [7, 11) is 1.56. The second kappa shape index (κ2) is 2.40. The molecule has 0 bridgehead atoms. The normalized spacial score (nSPS) is 9.00. The second-order valence-corrected chi connectivity index (χ2v) is 1.57. The maximum absolute atomic E-state index is 5.04. The van der Waals surface area contributed by atoms with Gasteiger partial charge in [-0.05, 0) is 12.1 Å². The van der Waals surface area contributed by atoms with E-state index in [1.807, 2.05) is 0 Å². The quantitative estimate of drug-likeness (QED) is 0.601. The summed E-state index contributed by atoms with van der Waals surface area (Å²) in [6, 6.07) is 3.54. The fraction of sp³-hybridized carbons (Fsp3) is 0.143. The Balaban J connectivity index is 2.86. The predicted octanol–water partition coefficient (Wildman–Crippen LogP) is 1.93. The Bertz CT molecular complexity index is 200. The lowest BCUT2D eigenvalue weighted by atomic mass is 10.4. The molecule has 2 heteroatoms. The lowest BCUT2D eigenvalue weighted by molar-refractivity contribution is 0.303. The zero-order chi connectivity index (χ0) is 6.69. The summed E-state index contributed by atoms with van der Waals surface area (Å²) in [4.78, 5) is 0. The van der Waals surface area contributed by atoms with Crippen LogP contribution in [0.4, 0.5) is 0 Å². The summed E-state index contributed by atoms with van der Waals surface area (Å²) >= 11 is 0. The van der Waals surface area contributed by atoms with E-state index in [1.54, 1.807) is 25.3 Å². The van der Waals surface area contributed by atoms with E-state index in [4.69, 9.17) is 9.15 Å². The molecule has 48 valence electrons. The number of hydrogen-bond acceptors (Lipinski definition) is 2. The summed E-state index contributed by atoms with van der Waals surface area (Å²) in [5.74, 6) is 1.25. The molecule has 1 aromatic heterocycles. The number of ether oxygens (including phenoxy) is 1. The molecular formula is C7H8O2. The smallest absolute Gasteiger partial charge is 0.284 e. The summed E-state index contributed by atoms with van der Waals surface area (Å²) < 4.78 is 9.82. The Morgan fingerprint density at radius 3 is 2.78 bits per heavy atom. The van der Waals surface area contributed by atoms with Crippen molar-refractivity contribution in [2.45, 2.75) is 0 Å². The molecule has 0 N–H and O–H groups in total. The van der Waals surface area contributed by atoms with Crippen LogP contribution in [0, 0.1) is 0 Å². The third-order valence-electron chi connectivity index (χ3n) is 1.00. The first kappa shape index (κ1) is 5.95. The van der Waals surface area contributed by atoms with Crippen LogP contribution in [0.25, 0.3) is 6.08 Å². The maximum Gasteiger partial charge on any atom is 0.284 e. The molecule has 9 heavy (non-hydrogen) atoms. The van der Waals surface area contributed by atoms with Gasteiger partial charge in [0.1, 0.15) is 5.76 Å². The summed E-state index contributed by atoms with van der Waals surface area (Å²) in [6.45, 7) is 3.53. The van der Waals surface area contributed by atoms with Crippen molar-refractivity contribution in [3.8, 4) is 5.95 Å². The summed E-state index contributed by atoms with van der Waals surface area (Å²) in [6.07, 6.45) is 1.63. The topological polar surface area (TPSA) is 22.4 Å². The molecule has 0 radical (unpaired) electrons. The number of hydrogen-bond donors (Lipinski definition) is 0. The van der Waals surface area contributed by atoms with E-state index >= 15 is 0 Å². The molecular weight excluding hydrogens is 116 g/mol. The monoisotopic (exact) mass is 124 g/mol. The first-order valence-corrected chi connectivity index (χ1v) is 2.63. The fourth-order valence-corrected chi connectivity index (χ4v) is 0.554. The highest BCUT2D eigenvalue weighted by Gasteiger charge is 1.94. The zero-order valence-corrected chi connectivity index (χ0v) is 5.26. The van der Waals surface area contributed by atoms with Gasteiger partial charge in [-0.25, -0.2) is 0 Å². The Morgan fingerprint density at radius 1 is 1.67 bits per heavy atom. The Morgan fingerprint density at radius 2 is 2.44 bits per heavy atom. The van der Waals surface area contributed by atoms with Crippen LogP contribution < -0.4 is 4.74 Å². The maximum atomic E-state index is 5.04. The van der Waals surface area contributed by atoms with Gasteiger partial charge in [0.2, 0.25) is 0 Å². The lowest BCUT2D eigenvalue weighted by Crippen LogP contribution is -1.75. The van der Waals surface area contributed by atoms with Crippen molar-refractivity contribution in [3.63, 3.8) is 0 Å². The largest absolute Gasteiger partial charge is 0.468 e. The highest BCUT2D eigenvalue weighted by atomic mass is 16.6. The van der Waals surface area contributed by atoms with Gasteiger partial charge in [0.05, 0.1) is 7.11 Å². The van der Waals surface area contributed by atoms with Gasteiger partial charge in [-0.1, -0.05) is 6.58 Å². The van der Waals surface area contributed by atoms with E-state index in [0.717, 1.165) is 5.76 Å². The van der Waals surface area contributed by atoms with E-state index in [2.05, 4.69) is 6.58 Å². The van der Waals surface area contributed by atoms with Crippen molar-refractivity contribution < 1.29 is 9.15 Å². The first-order chi connectivity index (χ1) is 4.36. The summed E-state index contributed by atoms with van der Waals surface area (Å²) in [5.41, 5.74) is 0. The Kier molecular flexibility index (Phi) is 1.58. The molecule has 1 rings (SSSR count). The van der Waals surface area contributed by atoms with Crippen LogP contribution in [-0.4, -0.2) is 7.11 Å². The number of methoxy groups -OCH3 is 1. The minimum Gasteiger partial charge on any atom is -0.468 e. The van der Waals surface area contributed by atoms with Crippen LogP contribution in [0.3, 0.4) is 0 Å². The van der Waals surface area contributed by atoms with Gasteiger partial charge >= 0.3 is 0 Å². The van der Waals surface area contributed by atoms with Crippen LogP contribution >= 0.6 is 0 Å². The van der Waals surface area contributed by atoms with Gasteiger partial charge in [0, 0.05) is 6.07 Å². The minimum atomic E-state index is 0.518. The predicted molar refractivity (Wildman–Crippen MR) is 35.4 cm³/mol. The second-order valence-electron chi connectivity index (χ2n) is 1.57. The molecule has 1 aromatic rings. The van der Waals surface area contributed by atoms with Crippen molar-refractivity contribution in [2.75, 3.05) is 7.11 Å². The van der Waals surface area contributed by atoms with Crippen molar-refractivity contribution in [3.05, 3.63) is 24.5 Å². The SMILES string of the molecule is C=Cc1ccc(OC)o1. The van der Waals surface area contributed by atoms with E-state index in [-0.39, 0.29) is 0 Å². The highest BCUT2D eigenvalue weighted by molar-refractivity contribution is 5.40. The van der Waals surface area contributed by atoms with Crippen LogP contribution in [0.5, 0.6) is 5.95 Å². The third-order valence-corrected chi connectivity index (χ3v) is 1.00. The van der Waals surface area contributed by atoms with Crippen LogP contribution in [0.15, 0.2) is 23.1 Å². The Labute approximate surface area is 53.7 Å². The molecule has 0 saturated carbocycles.